The summed E-state index contributed by atoms with van der Waals surface area (Å²) in [5.74, 6) is -0.173. The molecule has 2 aliphatic heterocycles. The van der Waals surface area contributed by atoms with E-state index in [1.165, 1.54) is 16.6 Å². The number of rotatable bonds is 5. The largest absolute Gasteiger partial charge is 0.356 e. The second-order valence-electron chi connectivity index (χ2n) is 9.71. The monoisotopic (exact) mass is 486 g/mol. The standard InChI is InChI=1S/C25H34N4O4S/c1-17-8-11-28(12-9-17)25(31)23-14-22(15-26-23)34(32,33)29-10-4-5-20(16-29)24(30)27-21-7-6-18(2)19(3)13-21/h6-7,13-15,17,20,26H,4-5,8-12,16H2,1-3H3,(H,27,30)/t20-/m1/s1. The van der Waals surface area contributed by atoms with Crippen molar-refractivity contribution < 1.29 is 18.0 Å². The summed E-state index contributed by atoms with van der Waals surface area (Å²) in [4.78, 5) is 30.4. The van der Waals surface area contributed by atoms with Crippen LogP contribution in [0.15, 0.2) is 35.4 Å². The molecule has 0 spiro atoms. The minimum absolute atomic E-state index is 0.0662. The highest BCUT2D eigenvalue weighted by atomic mass is 32.2. The highest BCUT2D eigenvalue weighted by Gasteiger charge is 2.34. The average Bonchev–Trinajstić information content (AvgIpc) is 3.33. The second-order valence-corrected chi connectivity index (χ2v) is 11.7. The van der Waals surface area contributed by atoms with E-state index in [0.717, 1.165) is 24.0 Å². The molecular weight excluding hydrogens is 452 g/mol. The Morgan fingerprint density at radius 2 is 1.76 bits per heavy atom. The lowest BCUT2D eigenvalue weighted by Crippen LogP contribution is -2.43. The molecule has 3 heterocycles. The summed E-state index contributed by atoms with van der Waals surface area (Å²) in [5, 5.41) is 2.93. The van der Waals surface area contributed by atoms with Gasteiger partial charge in [0.2, 0.25) is 15.9 Å². The van der Waals surface area contributed by atoms with Crippen molar-refractivity contribution in [3.63, 3.8) is 0 Å². The van der Waals surface area contributed by atoms with Gasteiger partial charge in [0.15, 0.2) is 0 Å². The lowest BCUT2D eigenvalue weighted by Gasteiger charge is -2.31. The summed E-state index contributed by atoms with van der Waals surface area (Å²) in [7, 11) is -3.81. The maximum absolute atomic E-state index is 13.3. The fourth-order valence-corrected chi connectivity index (χ4v) is 6.13. The topological polar surface area (TPSA) is 103 Å². The lowest BCUT2D eigenvalue weighted by molar-refractivity contribution is -0.120. The molecule has 0 unspecified atom stereocenters. The molecule has 9 heteroatoms. The van der Waals surface area contributed by atoms with Crippen LogP contribution in [-0.2, 0) is 14.8 Å². The van der Waals surface area contributed by atoms with E-state index in [-0.39, 0.29) is 28.9 Å². The third-order valence-corrected chi connectivity index (χ3v) is 8.97. The quantitative estimate of drug-likeness (QED) is 0.675. The molecule has 4 rings (SSSR count). The van der Waals surface area contributed by atoms with Crippen LogP contribution in [0.5, 0.6) is 0 Å². The lowest BCUT2D eigenvalue weighted by atomic mass is 9.98. The molecule has 2 amide bonds. The van der Waals surface area contributed by atoms with Crippen molar-refractivity contribution in [2.75, 3.05) is 31.5 Å². The fraction of sp³-hybridized carbons (Fsp3) is 0.520. The van der Waals surface area contributed by atoms with Crippen LogP contribution in [-0.4, -0.2) is 60.6 Å². The maximum Gasteiger partial charge on any atom is 0.270 e. The number of hydrogen-bond acceptors (Lipinski definition) is 4. The number of aromatic nitrogens is 1. The number of carbonyl (C=O) groups is 2. The SMILES string of the molecule is Cc1ccc(NC(=O)[C@@H]2CCCN(S(=O)(=O)c3c[nH]c(C(=O)N4CCC(C)CC4)c3)C2)cc1C. The minimum Gasteiger partial charge on any atom is -0.356 e. The Kier molecular flexibility index (Phi) is 7.14. The van der Waals surface area contributed by atoms with Crippen LogP contribution in [0.3, 0.4) is 0 Å². The predicted octanol–water partition coefficient (Wildman–Crippen LogP) is 3.54. The zero-order valence-electron chi connectivity index (χ0n) is 20.1. The van der Waals surface area contributed by atoms with Gasteiger partial charge in [-0.1, -0.05) is 13.0 Å². The fourth-order valence-electron chi connectivity index (χ4n) is 4.62. The molecular formula is C25H34N4O4S. The third-order valence-electron chi connectivity index (χ3n) is 7.12. The van der Waals surface area contributed by atoms with Crippen LogP contribution in [0.25, 0.3) is 0 Å². The number of aryl methyl sites for hydroxylation is 2. The number of nitrogens with one attached hydrogen (secondary N) is 2. The van der Waals surface area contributed by atoms with Crippen LogP contribution in [0.4, 0.5) is 5.69 Å². The van der Waals surface area contributed by atoms with E-state index in [0.29, 0.717) is 44.1 Å². The normalized spacial score (nSPS) is 20.3. The number of sulfonamides is 1. The van der Waals surface area contributed by atoms with Gasteiger partial charge in [0.05, 0.1) is 5.92 Å². The van der Waals surface area contributed by atoms with Gasteiger partial charge in [-0.15, -0.1) is 0 Å². The molecule has 2 N–H and O–H groups in total. The highest BCUT2D eigenvalue weighted by molar-refractivity contribution is 7.89. The summed E-state index contributed by atoms with van der Waals surface area (Å²) in [6, 6.07) is 7.16. The first kappa shape index (κ1) is 24.5. The zero-order chi connectivity index (χ0) is 24.5. The Balaban J connectivity index is 1.42. The van der Waals surface area contributed by atoms with Gasteiger partial charge in [-0.25, -0.2) is 8.42 Å². The predicted molar refractivity (Wildman–Crippen MR) is 131 cm³/mol. The molecule has 0 saturated carbocycles. The van der Waals surface area contributed by atoms with Crippen LogP contribution in [0.2, 0.25) is 0 Å². The molecule has 2 aromatic rings. The van der Waals surface area contributed by atoms with E-state index < -0.39 is 15.9 Å². The molecule has 2 aliphatic rings. The van der Waals surface area contributed by atoms with E-state index in [1.807, 2.05) is 32.0 Å². The summed E-state index contributed by atoms with van der Waals surface area (Å²) in [6.45, 7) is 8.02. The highest BCUT2D eigenvalue weighted by Crippen LogP contribution is 2.26. The number of aromatic amines is 1. The van der Waals surface area contributed by atoms with Crippen molar-refractivity contribution in [2.45, 2.75) is 51.3 Å². The molecule has 0 radical (unpaired) electrons. The first-order valence-corrected chi connectivity index (χ1v) is 13.4. The van der Waals surface area contributed by atoms with E-state index >= 15 is 0 Å². The first-order chi connectivity index (χ1) is 16.1. The Morgan fingerprint density at radius 3 is 2.47 bits per heavy atom. The van der Waals surface area contributed by atoms with Crippen molar-refractivity contribution in [1.29, 1.82) is 0 Å². The third kappa shape index (κ3) is 5.20. The van der Waals surface area contributed by atoms with Crippen molar-refractivity contribution in [1.82, 2.24) is 14.2 Å². The van der Waals surface area contributed by atoms with Gasteiger partial charge in [-0.2, -0.15) is 4.31 Å². The van der Waals surface area contributed by atoms with E-state index in [9.17, 15) is 18.0 Å². The van der Waals surface area contributed by atoms with Crippen LogP contribution < -0.4 is 5.32 Å². The Labute approximate surface area is 201 Å². The van der Waals surface area contributed by atoms with Gasteiger partial charge < -0.3 is 15.2 Å². The number of amides is 2. The van der Waals surface area contributed by atoms with Gasteiger partial charge >= 0.3 is 0 Å². The summed E-state index contributed by atoms with van der Waals surface area (Å²) in [6.07, 6.45) is 4.53. The average molecular weight is 487 g/mol. The van der Waals surface area contributed by atoms with Crippen molar-refractivity contribution >= 4 is 27.5 Å². The van der Waals surface area contributed by atoms with Crippen LogP contribution in [0, 0.1) is 25.7 Å². The van der Waals surface area contributed by atoms with Gasteiger partial charge in [0.25, 0.3) is 5.91 Å². The summed E-state index contributed by atoms with van der Waals surface area (Å²) >= 11 is 0. The number of H-pyrrole nitrogens is 1. The molecule has 1 aromatic heterocycles. The molecule has 1 aromatic carbocycles. The number of piperidine rings is 2. The molecule has 1 atom stereocenters. The zero-order valence-corrected chi connectivity index (χ0v) is 21.0. The van der Waals surface area contributed by atoms with Crippen molar-refractivity contribution in [3.05, 3.63) is 47.3 Å². The Hall–Kier alpha value is -2.65. The second kappa shape index (κ2) is 9.92. The minimum atomic E-state index is -3.81. The molecule has 0 aliphatic carbocycles. The molecule has 2 saturated heterocycles. The van der Waals surface area contributed by atoms with E-state index in [4.69, 9.17) is 0 Å². The number of carbonyl (C=O) groups excluding carboxylic acids is 2. The molecule has 34 heavy (non-hydrogen) atoms. The maximum atomic E-state index is 13.3. The van der Waals surface area contributed by atoms with Gasteiger partial charge in [-0.3, -0.25) is 9.59 Å². The number of likely N-dealkylation sites (tertiary alicyclic amines) is 1. The molecule has 2 fully saturated rings. The van der Waals surface area contributed by atoms with Gasteiger partial charge in [0.1, 0.15) is 10.6 Å². The number of hydrogen-bond donors (Lipinski definition) is 2. The van der Waals surface area contributed by atoms with E-state index in [2.05, 4.69) is 17.2 Å². The molecule has 8 nitrogen and oxygen atoms in total. The Bertz CT molecular complexity index is 1170. The summed E-state index contributed by atoms with van der Waals surface area (Å²) < 4.78 is 28.0. The van der Waals surface area contributed by atoms with Crippen LogP contribution >= 0.6 is 0 Å². The van der Waals surface area contributed by atoms with Gasteiger partial charge in [-0.05, 0) is 74.8 Å². The van der Waals surface area contributed by atoms with E-state index in [1.54, 1.807) is 4.90 Å². The Morgan fingerprint density at radius 1 is 1.03 bits per heavy atom. The number of nitrogens with zero attached hydrogens (tertiary/aromatic N) is 2. The van der Waals surface area contributed by atoms with Gasteiger partial charge in [0, 0.05) is 38.1 Å². The first-order valence-electron chi connectivity index (χ1n) is 12.0. The summed E-state index contributed by atoms with van der Waals surface area (Å²) in [5.41, 5.74) is 3.23. The van der Waals surface area contributed by atoms with Crippen LogP contribution in [0.1, 0.15) is 54.2 Å². The smallest absolute Gasteiger partial charge is 0.270 e. The van der Waals surface area contributed by atoms with Crippen molar-refractivity contribution in [2.24, 2.45) is 11.8 Å². The molecule has 184 valence electrons. The molecule has 0 bridgehead atoms. The number of benzene rings is 1. The van der Waals surface area contributed by atoms with Crippen molar-refractivity contribution in [3.8, 4) is 0 Å². The number of anilines is 1.